The molecule has 0 spiro atoms. The second kappa shape index (κ2) is 8.91. The first-order valence-corrected chi connectivity index (χ1v) is 11.8. The van der Waals surface area contributed by atoms with Gasteiger partial charge >= 0.3 is 0 Å². The first-order valence-electron chi connectivity index (χ1n) is 10.4. The highest BCUT2D eigenvalue weighted by Gasteiger charge is 2.19. The lowest BCUT2D eigenvalue weighted by molar-refractivity contribution is 0.0938. The summed E-state index contributed by atoms with van der Waals surface area (Å²) in [5.41, 5.74) is 1.92. The molecular weight excluding hydrogens is 438 g/mol. The minimum absolute atomic E-state index is 0.0704. The van der Waals surface area contributed by atoms with Crippen LogP contribution in [-0.2, 0) is 10.0 Å². The number of amides is 1. The number of hydrogen-bond acceptors (Lipinski definition) is 4. The number of anilines is 1. The van der Waals surface area contributed by atoms with Crippen molar-refractivity contribution >= 4 is 32.5 Å². The normalized spacial score (nSPS) is 12.3. The smallest absolute Gasteiger partial charge is 0.261 e. The van der Waals surface area contributed by atoms with Crippen LogP contribution in [0.4, 0.5) is 5.69 Å². The number of hydrogen-bond donors (Lipinski definition) is 3. The van der Waals surface area contributed by atoms with Crippen molar-refractivity contribution in [2.45, 2.75) is 24.8 Å². The number of aryl methyl sites for hydroxylation is 1. The maximum Gasteiger partial charge on any atom is 0.261 e. The Morgan fingerprint density at radius 1 is 0.970 bits per heavy atom. The standard InChI is InChI=1S/C25H23N3O4S/c1-16-8-6-7-11-22(16)28-33(31,32)19-12-13-23-20(14-19)24(29)21(15-26-23)25(30)27-17(2)18-9-4-3-5-10-18/h3-15,17,28H,1-2H3,(H,26,29)(H,27,30)/t17-/m0/s1. The van der Waals surface area contributed by atoms with E-state index in [0.717, 1.165) is 11.1 Å². The molecule has 8 heteroatoms. The minimum atomic E-state index is -3.94. The zero-order valence-electron chi connectivity index (χ0n) is 18.1. The van der Waals surface area contributed by atoms with Gasteiger partial charge in [0.25, 0.3) is 15.9 Å². The number of rotatable bonds is 6. The van der Waals surface area contributed by atoms with Gasteiger partial charge in [-0.05, 0) is 49.2 Å². The zero-order valence-corrected chi connectivity index (χ0v) is 18.9. The first kappa shape index (κ1) is 22.3. The maximum absolute atomic E-state index is 13.1. The topological polar surface area (TPSA) is 108 Å². The summed E-state index contributed by atoms with van der Waals surface area (Å²) in [7, 11) is -3.94. The van der Waals surface area contributed by atoms with E-state index in [1.165, 1.54) is 24.4 Å². The molecule has 0 aliphatic rings. The molecule has 0 radical (unpaired) electrons. The maximum atomic E-state index is 13.1. The molecule has 3 aromatic carbocycles. The fourth-order valence-corrected chi connectivity index (χ4v) is 4.68. The number of fused-ring (bicyclic) bond motifs is 1. The third-order valence-corrected chi connectivity index (χ3v) is 6.81. The lowest BCUT2D eigenvalue weighted by atomic mass is 10.1. The summed E-state index contributed by atoms with van der Waals surface area (Å²) < 4.78 is 28.4. The summed E-state index contributed by atoms with van der Waals surface area (Å²) in [5.74, 6) is -0.541. The van der Waals surface area contributed by atoms with Gasteiger partial charge in [0.1, 0.15) is 5.56 Å². The fourth-order valence-electron chi connectivity index (χ4n) is 3.52. The van der Waals surface area contributed by atoms with E-state index in [9.17, 15) is 18.0 Å². The van der Waals surface area contributed by atoms with Gasteiger partial charge in [0, 0.05) is 17.1 Å². The lowest BCUT2D eigenvalue weighted by Crippen LogP contribution is -2.31. The minimum Gasteiger partial charge on any atom is -0.360 e. The van der Waals surface area contributed by atoms with Crippen LogP contribution in [0.2, 0.25) is 0 Å². The molecule has 0 bridgehead atoms. The highest BCUT2D eigenvalue weighted by molar-refractivity contribution is 7.92. The second-order valence-electron chi connectivity index (χ2n) is 7.77. The summed E-state index contributed by atoms with van der Waals surface area (Å²) in [6.45, 7) is 3.62. The first-order chi connectivity index (χ1) is 15.8. The predicted molar refractivity (Wildman–Crippen MR) is 129 cm³/mol. The number of aromatic nitrogens is 1. The second-order valence-corrected chi connectivity index (χ2v) is 9.45. The van der Waals surface area contributed by atoms with E-state index in [2.05, 4.69) is 15.0 Å². The Labute approximate surface area is 191 Å². The van der Waals surface area contributed by atoms with Crippen LogP contribution < -0.4 is 15.5 Å². The monoisotopic (exact) mass is 461 g/mol. The summed E-state index contributed by atoms with van der Waals surface area (Å²) in [6.07, 6.45) is 1.34. The van der Waals surface area contributed by atoms with Crippen molar-refractivity contribution in [3.05, 3.63) is 106 Å². The van der Waals surface area contributed by atoms with Crippen molar-refractivity contribution in [2.75, 3.05) is 4.72 Å². The van der Waals surface area contributed by atoms with Crippen molar-refractivity contribution < 1.29 is 13.2 Å². The average Bonchev–Trinajstić information content (AvgIpc) is 2.81. The Bertz CT molecular complexity index is 1500. The zero-order chi connectivity index (χ0) is 23.6. The third kappa shape index (κ3) is 4.65. The van der Waals surface area contributed by atoms with Crippen molar-refractivity contribution in [3.8, 4) is 0 Å². The van der Waals surface area contributed by atoms with Crippen LogP contribution >= 0.6 is 0 Å². The quantitative estimate of drug-likeness (QED) is 0.401. The van der Waals surface area contributed by atoms with Crippen LogP contribution in [-0.4, -0.2) is 19.3 Å². The van der Waals surface area contributed by atoms with Crippen LogP contribution in [0.15, 0.2) is 88.7 Å². The third-order valence-electron chi connectivity index (χ3n) is 5.44. The van der Waals surface area contributed by atoms with Gasteiger partial charge < -0.3 is 10.3 Å². The summed E-state index contributed by atoms with van der Waals surface area (Å²) in [4.78, 5) is 28.7. The molecule has 1 heterocycles. The average molecular weight is 462 g/mol. The van der Waals surface area contributed by atoms with Gasteiger partial charge in [0.05, 0.1) is 16.6 Å². The number of para-hydroxylation sites is 1. The molecule has 0 fully saturated rings. The van der Waals surface area contributed by atoms with E-state index in [1.807, 2.05) is 43.3 Å². The summed E-state index contributed by atoms with van der Waals surface area (Å²) in [5, 5.41) is 2.93. The molecule has 3 N–H and O–H groups in total. The molecule has 7 nitrogen and oxygen atoms in total. The number of H-pyrrole nitrogens is 1. The molecule has 0 saturated carbocycles. The van der Waals surface area contributed by atoms with E-state index in [1.54, 1.807) is 25.1 Å². The Morgan fingerprint density at radius 3 is 2.39 bits per heavy atom. The van der Waals surface area contributed by atoms with Gasteiger partial charge in [-0.15, -0.1) is 0 Å². The van der Waals surface area contributed by atoms with Crippen LogP contribution in [0.1, 0.15) is 34.5 Å². The molecule has 1 amide bonds. The number of nitrogens with one attached hydrogen (secondary N) is 3. The number of benzene rings is 3. The fraction of sp³-hybridized carbons (Fsp3) is 0.120. The summed E-state index contributed by atoms with van der Waals surface area (Å²) in [6, 6.07) is 20.3. The molecule has 4 aromatic rings. The van der Waals surface area contributed by atoms with E-state index in [-0.39, 0.29) is 21.9 Å². The van der Waals surface area contributed by atoms with Crippen LogP contribution in [0.5, 0.6) is 0 Å². The molecule has 33 heavy (non-hydrogen) atoms. The molecule has 4 rings (SSSR count). The van der Waals surface area contributed by atoms with Crippen molar-refractivity contribution in [2.24, 2.45) is 0 Å². The van der Waals surface area contributed by atoms with E-state index >= 15 is 0 Å². The van der Waals surface area contributed by atoms with Crippen LogP contribution in [0, 0.1) is 6.92 Å². The highest BCUT2D eigenvalue weighted by Crippen LogP contribution is 2.21. The Hall–Kier alpha value is -3.91. The van der Waals surface area contributed by atoms with Crippen molar-refractivity contribution in [1.82, 2.24) is 10.3 Å². The highest BCUT2D eigenvalue weighted by atomic mass is 32.2. The van der Waals surface area contributed by atoms with Gasteiger partial charge in [-0.25, -0.2) is 8.42 Å². The molecule has 0 unspecified atom stereocenters. The van der Waals surface area contributed by atoms with Gasteiger partial charge in [-0.3, -0.25) is 14.3 Å². The van der Waals surface area contributed by atoms with E-state index < -0.39 is 21.4 Å². The van der Waals surface area contributed by atoms with Crippen molar-refractivity contribution in [3.63, 3.8) is 0 Å². The predicted octanol–water partition coefficient (Wildman–Crippen LogP) is 4.13. The number of sulfonamides is 1. The SMILES string of the molecule is Cc1ccccc1NS(=O)(=O)c1ccc2[nH]cc(C(=O)N[C@@H](C)c3ccccc3)c(=O)c2c1. The van der Waals surface area contributed by atoms with E-state index in [0.29, 0.717) is 11.2 Å². The van der Waals surface area contributed by atoms with Gasteiger partial charge in [-0.2, -0.15) is 0 Å². The largest absolute Gasteiger partial charge is 0.360 e. The number of pyridine rings is 1. The van der Waals surface area contributed by atoms with E-state index in [4.69, 9.17) is 0 Å². The van der Waals surface area contributed by atoms with Crippen molar-refractivity contribution in [1.29, 1.82) is 0 Å². The molecule has 0 aliphatic heterocycles. The summed E-state index contributed by atoms with van der Waals surface area (Å²) >= 11 is 0. The Kier molecular flexibility index (Phi) is 6.02. The molecule has 1 atom stereocenters. The Balaban J connectivity index is 1.66. The van der Waals surface area contributed by atoms with Gasteiger partial charge in [-0.1, -0.05) is 48.5 Å². The van der Waals surface area contributed by atoms with Gasteiger partial charge in [0.2, 0.25) is 5.43 Å². The Morgan fingerprint density at radius 2 is 1.67 bits per heavy atom. The number of carbonyl (C=O) groups is 1. The van der Waals surface area contributed by atoms with Crippen LogP contribution in [0.3, 0.4) is 0 Å². The molecule has 0 aliphatic carbocycles. The molecular formula is C25H23N3O4S. The van der Waals surface area contributed by atoms with Crippen LogP contribution in [0.25, 0.3) is 10.9 Å². The number of aromatic amines is 1. The van der Waals surface area contributed by atoms with Gasteiger partial charge in [0.15, 0.2) is 0 Å². The molecule has 0 saturated heterocycles. The lowest BCUT2D eigenvalue weighted by Gasteiger charge is -2.14. The molecule has 168 valence electrons. The number of carbonyl (C=O) groups excluding carboxylic acids is 1. The molecule has 1 aromatic heterocycles.